The van der Waals surface area contributed by atoms with Crippen LogP contribution in [0.4, 0.5) is 0 Å². The number of rotatable bonds is 3. The van der Waals surface area contributed by atoms with Crippen molar-refractivity contribution < 1.29 is 0 Å². The minimum absolute atomic E-state index is 0.367. The molecule has 2 heterocycles. The molecule has 3 rings (SSSR count). The summed E-state index contributed by atoms with van der Waals surface area (Å²) < 4.78 is 3.08. The minimum atomic E-state index is 0.367. The van der Waals surface area contributed by atoms with E-state index in [1.54, 1.807) is 12.4 Å². The van der Waals surface area contributed by atoms with Crippen molar-refractivity contribution in [3.8, 4) is 0 Å². The lowest BCUT2D eigenvalue weighted by Crippen LogP contribution is -2.06. The number of imidazole rings is 1. The standard InChI is InChI=1S/C14H12BrClN4/c1-9-6-18-11(7-17-9)8-20-13-3-2-10(15)4-12(13)19-14(20)5-16/h2-4,6-7H,5,8H2,1H3. The Labute approximate surface area is 130 Å². The second-order valence-corrected chi connectivity index (χ2v) is 5.71. The summed E-state index contributed by atoms with van der Waals surface area (Å²) in [6.45, 7) is 2.54. The Morgan fingerprint density at radius 3 is 2.80 bits per heavy atom. The molecule has 0 saturated carbocycles. The van der Waals surface area contributed by atoms with Gasteiger partial charge in [-0.15, -0.1) is 11.6 Å². The van der Waals surface area contributed by atoms with Crippen LogP contribution in [0.15, 0.2) is 35.1 Å². The predicted octanol–water partition coefficient (Wildman–Crippen LogP) is 3.68. The van der Waals surface area contributed by atoms with Gasteiger partial charge in [0.1, 0.15) is 5.82 Å². The molecule has 0 atom stereocenters. The van der Waals surface area contributed by atoms with Gasteiger partial charge in [0, 0.05) is 10.7 Å². The van der Waals surface area contributed by atoms with Gasteiger partial charge in [0.05, 0.1) is 41.0 Å². The molecule has 0 N–H and O–H groups in total. The van der Waals surface area contributed by atoms with Crippen LogP contribution in [0.2, 0.25) is 0 Å². The number of alkyl halides is 1. The highest BCUT2D eigenvalue weighted by Crippen LogP contribution is 2.22. The Kier molecular flexibility index (Phi) is 3.72. The molecule has 6 heteroatoms. The third-order valence-electron chi connectivity index (χ3n) is 3.06. The Hall–Kier alpha value is -1.46. The van der Waals surface area contributed by atoms with Crippen molar-refractivity contribution in [1.29, 1.82) is 0 Å². The summed E-state index contributed by atoms with van der Waals surface area (Å²) in [4.78, 5) is 13.2. The van der Waals surface area contributed by atoms with Gasteiger partial charge < -0.3 is 4.57 Å². The van der Waals surface area contributed by atoms with Crippen LogP contribution in [0, 0.1) is 6.92 Å². The van der Waals surface area contributed by atoms with Crippen LogP contribution in [0.5, 0.6) is 0 Å². The van der Waals surface area contributed by atoms with E-state index < -0.39 is 0 Å². The van der Waals surface area contributed by atoms with Gasteiger partial charge in [-0.25, -0.2) is 4.98 Å². The highest BCUT2D eigenvalue weighted by Gasteiger charge is 2.11. The molecule has 0 aliphatic carbocycles. The molecule has 0 aliphatic rings. The van der Waals surface area contributed by atoms with Crippen molar-refractivity contribution in [2.45, 2.75) is 19.3 Å². The monoisotopic (exact) mass is 350 g/mol. The number of fused-ring (bicyclic) bond motifs is 1. The number of aromatic nitrogens is 4. The SMILES string of the molecule is Cc1cnc(Cn2c(CCl)nc3cc(Br)ccc32)cn1. The number of halogens is 2. The third kappa shape index (κ3) is 2.55. The first-order valence-electron chi connectivity index (χ1n) is 6.15. The largest absolute Gasteiger partial charge is 0.321 e. The van der Waals surface area contributed by atoms with Crippen LogP contribution < -0.4 is 0 Å². The summed E-state index contributed by atoms with van der Waals surface area (Å²) in [5, 5.41) is 0. The average Bonchev–Trinajstić information content (AvgIpc) is 2.78. The average molecular weight is 352 g/mol. The zero-order valence-corrected chi connectivity index (χ0v) is 13.2. The molecule has 0 amide bonds. The Balaban J connectivity index is 2.07. The molecule has 0 unspecified atom stereocenters. The summed E-state index contributed by atoms with van der Waals surface area (Å²) in [7, 11) is 0. The first-order chi connectivity index (χ1) is 9.67. The van der Waals surface area contributed by atoms with E-state index in [0.29, 0.717) is 12.4 Å². The first-order valence-corrected chi connectivity index (χ1v) is 7.48. The van der Waals surface area contributed by atoms with Gasteiger partial charge in [0.15, 0.2) is 0 Å². The van der Waals surface area contributed by atoms with Crippen LogP contribution in [0.25, 0.3) is 11.0 Å². The van der Waals surface area contributed by atoms with Crippen molar-refractivity contribution in [3.05, 3.63) is 52.3 Å². The van der Waals surface area contributed by atoms with Gasteiger partial charge in [0.2, 0.25) is 0 Å². The van der Waals surface area contributed by atoms with E-state index in [4.69, 9.17) is 11.6 Å². The van der Waals surface area contributed by atoms with Crippen molar-refractivity contribution >= 4 is 38.6 Å². The van der Waals surface area contributed by atoms with Gasteiger partial charge in [-0.3, -0.25) is 9.97 Å². The van der Waals surface area contributed by atoms with Crippen molar-refractivity contribution in [1.82, 2.24) is 19.5 Å². The molecule has 4 nitrogen and oxygen atoms in total. The number of hydrogen-bond donors (Lipinski definition) is 0. The summed E-state index contributed by atoms with van der Waals surface area (Å²) in [5.41, 5.74) is 3.77. The zero-order valence-electron chi connectivity index (χ0n) is 10.8. The molecular formula is C14H12BrClN4. The molecule has 0 aliphatic heterocycles. The van der Waals surface area contributed by atoms with E-state index >= 15 is 0 Å². The molecule has 0 saturated heterocycles. The Morgan fingerprint density at radius 1 is 1.25 bits per heavy atom. The molecule has 20 heavy (non-hydrogen) atoms. The lowest BCUT2D eigenvalue weighted by atomic mass is 10.3. The summed E-state index contributed by atoms with van der Waals surface area (Å²) in [5.74, 6) is 1.20. The third-order valence-corrected chi connectivity index (χ3v) is 3.80. The number of aryl methyl sites for hydroxylation is 1. The zero-order chi connectivity index (χ0) is 14.1. The normalized spacial score (nSPS) is 11.2. The molecule has 0 spiro atoms. The quantitative estimate of drug-likeness (QED) is 0.676. The maximum atomic E-state index is 6.00. The van der Waals surface area contributed by atoms with Crippen molar-refractivity contribution in [2.24, 2.45) is 0 Å². The number of nitrogens with zero attached hydrogens (tertiary/aromatic N) is 4. The molecule has 102 valence electrons. The fourth-order valence-electron chi connectivity index (χ4n) is 2.09. The minimum Gasteiger partial charge on any atom is -0.321 e. The lowest BCUT2D eigenvalue weighted by molar-refractivity contribution is 0.751. The smallest absolute Gasteiger partial charge is 0.125 e. The van der Waals surface area contributed by atoms with Gasteiger partial charge in [-0.2, -0.15) is 0 Å². The van der Waals surface area contributed by atoms with E-state index in [9.17, 15) is 0 Å². The fraction of sp³-hybridized carbons (Fsp3) is 0.214. The highest BCUT2D eigenvalue weighted by molar-refractivity contribution is 9.10. The summed E-state index contributed by atoms with van der Waals surface area (Å²) in [6, 6.07) is 6.02. The van der Waals surface area contributed by atoms with Gasteiger partial charge >= 0.3 is 0 Å². The fourth-order valence-corrected chi connectivity index (χ4v) is 2.65. The first kappa shape index (κ1) is 13.5. The van der Waals surface area contributed by atoms with E-state index in [1.165, 1.54) is 0 Å². The van der Waals surface area contributed by atoms with Crippen LogP contribution >= 0.6 is 27.5 Å². The highest BCUT2D eigenvalue weighted by atomic mass is 79.9. The van der Waals surface area contributed by atoms with E-state index in [1.807, 2.05) is 25.1 Å². The molecule has 3 aromatic rings. The molecule has 2 aromatic heterocycles. The van der Waals surface area contributed by atoms with Gasteiger partial charge in [-0.1, -0.05) is 15.9 Å². The molecule has 0 bridgehead atoms. The van der Waals surface area contributed by atoms with Crippen LogP contribution in [0.3, 0.4) is 0 Å². The van der Waals surface area contributed by atoms with Gasteiger partial charge in [0.25, 0.3) is 0 Å². The Bertz CT molecular complexity index is 752. The predicted molar refractivity (Wildman–Crippen MR) is 82.9 cm³/mol. The van der Waals surface area contributed by atoms with Crippen molar-refractivity contribution in [3.63, 3.8) is 0 Å². The molecule has 0 fully saturated rings. The molecule has 0 radical (unpaired) electrons. The lowest BCUT2D eigenvalue weighted by Gasteiger charge is -2.07. The van der Waals surface area contributed by atoms with Crippen LogP contribution in [-0.4, -0.2) is 19.5 Å². The van der Waals surface area contributed by atoms with Gasteiger partial charge in [-0.05, 0) is 25.1 Å². The molecular weight excluding hydrogens is 340 g/mol. The van der Waals surface area contributed by atoms with Crippen molar-refractivity contribution in [2.75, 3.05) is 0 Å². The number of benzene rings is 1. The Morgan fingerprint density at radius 2 is 2.10 bits per heavy atom. The summed E-state index contributed by atoms with van der Waals surface area (Å²) in [6.07, 6.45) is 3.56. The van der Waals surface area contributed by atoms with E-state index in [2.05, 4.69) is 35.4 Å². The maximum Gasteiger partial charge on any atom is 0.125 e. The maximum absolute atomic E-state index is 6.00. The number of hydrogen-bond acceptors (Lipinski definition) is 3. The second-order valence-electron chi connectivity index (χ2n) is 4.53. The summed E-state index contributed by atoms with van der Waals surface area (Å²) >= 11 is 9.46. The molecule has 1 aromatic carbocycles. The van der Waals surface area contributed by atoms with Crippen LogP contribution in [-0.2, 0) is 12.4 Å². The van der Waals surface area contributed by atoms with Crippen LogP contribution in [0.1, 0.15) is 17.2 Å². The topological polar surface area (TPSA) is 43.6 Å². The van der Waals surface area contributed by atoms with E-state index in [0.717, 1.165) is 32.7 Å². The van der Waals surface area contributed by atoms with E-state index in [-0.39, 0.29) is 0 Å². The second kappa shape index (κ2) is 5.50.